The number of carbonyl (C=O) groups excluding carboxylic acids is 2. The lowest BCUT2D eigenvalue weighted by atomic mass is 9.45. The Morgan fingerprint density at radius 2 is 1.80 bits per heavy atom. The van der Waals surface area contributed by atoms with Gasteiger partial charge >= 0.3 is 5.97 Å². The molecule has 0 amide bonds. The molecule has 3 saturated carbocycles. The second kappa shape index (κ2) is 8.55. The van der Waals surface area contributed by atoms with Crippen molar-refractivity contribution in [1.29, 1.82) is 0 Å². The largest absolute Gasteiger partial charge is 0.468 e. The molecule has 35 heavy (non-hydrogen) atoms. The molecule has 4 aliphatic carbocycles. The van der Waals surface area contributed by atoms with Crippen LogP contribution in [0.25, 0.3) is 0 Å². The van der Waals surface area contributed by atoms with Gasteiger partial charge in [-0.1, -0.05) is 37.6 Å². The topological polar surface area (TPSA) is 97.7 Å². The number of ketones is 1. The van der Waals surface area contributed by atoms with Crippen LogP contribution in [0.1, 0.15) is 58.8 Å². The molecule has 0 heterocycles. The first-order valence-corrected chi connectivity index (χ1v) is 14.4. The van der Waals surface area contributed by atoms with E-state index in [1.54, 1.807) is 24.3 Å². The second-order valence-corrected chi connectivity index (χ2v) is 13.7. The molecular weight excluding hydrogens is 464 g/mol. The van der Waals surface area contributed by atoms with Crippen LogP contribution in [0.15, 0.2) is 46.9 Å². The normalized spacial score (nSPS) is 39.6. The molecule has 1 aromatic rings. The minimum absolute atomic E-state index is 0.00131. The molecule has 0 aliphatic heterocycles. The highest BCUT2D eigenvalue weighted by Crippen LogP contribution is 2.67. The minimum atomic E-state index is -4.07. The van der Waals surface area contributed by atoms with E-state index in [1.807, 2.05) is 0 Å². The molecule has 1 aromatic carbocycles. The van der Waals surface area contributed by atoms with Gasteiger partial charge in [-0.25, -0.2) is 8.42 Å². The van der Waals surface area contributed by atoms with Gasteiger partial charge in [0.2, 0.25) is 0 Å². The lowest BCUT2D eigenvalue weighted by Gasteiger charge is -2.60. The fraction of sp³-hybridized carbons (Fsp3) is 0.643. The molecule has 8 unspecified atom stereocenters. The molecule has 0 spiro atoms. The van der Waals surface area contributed by atoms with Gasteiger partial charge in [-0.3, -0.25) is 9.59 Å². The fourth-order valence-corrected chi connectivity index (χ4v) is 10.2. The van der Waals surface area contributed by atoms with Gasteiger partial charge in [0.1, 0.15) is 0 Å². The summed E-state index contributed by atoms with van der Waals surface area (Å²) in [4.78, 5) is 26.0. The Morgan fingerprint density at radius 3 is 2.49 bits per heavy atom. The van der Waals surface area contributed by atoms with Crippen molar-refractivity contribution in [3.05, 3.63) is 42.0 Å². The van der Waals surface area contributed by atoms with Crippen molar-refractivity contribution in [3.63, 3.8) is 0 Å². The van der Waals surface area contributed by atoms with E-state index in [1.165, 1.54) is 19.2 Å². The van der Waals surface area contributed by atoms with E-state index in [0.29, 0.717) is 25.2 Å². The number of ether oxygens (including phenoxy) is 1. The van der Waals surface area contributed by atoms with Crippen molar-refractivity contribution in [1.82, 2.24) is 0 Å². The van der Waals surface area contributed by atoms with Crippen molar-refractivity contribution in [3.8, 4) is 0 Å². The quantitative estimate of drug-likeness (QED) is 0.625. The fourth-order valence-electron chi connectivity index (χ4n) is 8.33. The average Bonchev–Trinajstić information content (AvgIpc) is 3.15. The number of aliphatic hydroxyl groups is 1. The van der Waals surface area contributed by atoms with Crippen LogP contribution in [0.2, 0.25) is 0 Å². The van der Waals surface area contributed by atoms with Crippen LogP contribution in [-0.2, 0) is 24.2 Å². The van der Waals surface area contributed by atoms with Gasteiger partial charge in [0.15, 0.2) is 20.9 Å². The smallest absolute Gasteiger partial charge is 0.325 e. The SMILES string of the molecule is COC(=O)C(C1CC2C(CCC3(C)C(O)CCC23)C2(C)CCC(=O)C=C12)S(=O)(=O)c1ccccc1. The summed E-state index contributed by atoms with van der Waals surface area (Å²) in [6, 6.07) is 8.07. The maximum atomic E-state index is 13.9. The van der Waals surface area contributed by atoms with Crippen molar-refractivity contribution in [2.75, 3.05) is 7.11 Å². The van der Waals surface area contributed by atoms with Crippen LogP contribution in [0.3, 0.4) is 0 Å². The van der Waals surface area contributed by atoms with E-state index in [2.05, 4.69) is 13.8 Å². The summed E-state index contributed by atoms with van der Waals surface area (Å²) >= 11 is 0. The van der Waals surface area contributed by atoms with Crippen molar-refractivity contribution >= 4 is 21.6 Å². The number of esters is 1. The van der Waals surface area contributed by atoms with Crippen molar-refractivity contribution < 1.29 is 27.9 Å². The molecule has 0 bridgehead atoms. The van der Waals surface area contributed by atoms with E-state index < -0.39 is 27.0 Å². The number of aliphatic hydroxyl groups excluding tert-OH is 1. The van der Waals surface area contributed by atoms with Crippen molar-refractivity contribution in [2.24, 2.45) is 34.5 Å². The van der Waals surface area contributed by atoms with E-state index in [0.717, 1.165) is 31.3 Å². The molecule has 0 saturated heterocycles. The molecule has 6 nitrogen and oxygen atoms in total. The average molecular weight is 501 g/mol. The van der Waals surface area contributed by atoms with E-state index in [-0.39, 0.29) is 39.4 Å². The van der Waals surface area contributed by atoms with Crippen molar-refractivity contribution in [2.45, 2.75) is 75.0 Å². The third-order valence-electron chi connectivity index (χ3n) is 10.2. The molecule has 0 aromatic heterocycles. The van der Waals surface area contributed by atoms with Gasteiger partial charge < -0.3 is 9.84 Å². The highest BCUT2D eigenvalue weighted by molar-refractivity contribution is 7.92. The zero-order valence-corrected chi connectivity index (χ0v) is 21.6. The predicted molar refractivity (Wildman–Crippen MR) is 131 cm³/mol. The number of benzene rings is 1. The van der Waals surface area contributed by atoms with Gasteiger partial charge in [-0.2, -0.15) is 0 Å². The van der Waals surface area contributed by atoms with Gasteiger partial charge in [0.25, 0.3) is 0 Å². The highest BCUT2D eigenvalue weighted by atomic mass is 32.2. The number of sulfone groups is 1. The Hall–Kier alpha value is -1.99. The van der Waals surface area contributed by atoms with Gasteiger partial charge in [0.05, 0.1) is 18.1 Å². The lowest BCUT2D eigenvalue weighted by Crippen LogP contribution is -2.56. The molecule has 5 rings (SSSR count). The lowest BCUT2D eigenvalue weighted by molar-refractivity contribution is -0.142. The zero-order valence-electron chi connectivity index (χ0n) is 20.8. The minimum Gasteiger partial charge on any atom is -0.468 e. The number of fused-ring (bicyclic) bond motifs is 5. The van der Waals surface area contributed by atoms with Crippen LogP contribution in [0.4, 0.5) is 0 Å². The summed E-state index contributed by atoms with van der Waals surface area (Å²) < 4.78 is 33.0. The van der Waals surface area contributed by atoms with Crippen LogP contribution >= 0.6 is 0 Å². The van der Waals surface area contributed by atoms with Crippen LogP contribution in [0.5, 0.6) is 0 Å². The third-order valence-corrected chi connectivity index (χ3v) is 12.3. The molecule has 4 aliphatic rings. The third kappa shape index (κ3) is 3.64. The Morgan fingerprint density at radius 1 is 1.09 bits per heavy atom. The number of methoxy groups -OCH3 is 1. The number of hydrogen-bond acceptors (Lipinski definition) is 6. The maximum Gasteiger partial charge on any atom is 0.325 e. The van der Waals surface area contributed by atoms with Gasteiger partial charge in [-0.05, 0) is 85.3 Å². The monoisotopic (exact) mass is 500 g/mol. The first-order valence-electron chi connectivity index (χ1n) is 12.8. The number of rotatable bonds is 4. The molecule has 1 N–H and O–H groups in total. The Balaban J connectivity index is 1.66. The number of carbonyl (C=O) groups is 2. The Labute approximate surface area is 208 Å². The summed E-state index contributed by atoms with van der Waals surface area (Å²) in [5.41, 5.74) is 0.272. The zero-order chi connectivity index (χ0) is 25.2. The van der Waals surface area contributed by atoms with E-state index in [9.17, 15) is 23.1 Å². The van der Waals surface area contributed by atoms with E-state index >= 15 is 0 Å². The highest BCUT2D eigenvalue weighted by Gasteiger charge is 2.62. The summed E-state index contributed by atoms with van der Waals surface area (Å²) in [6.07, 6.45) is 6.46. The predicted octanol–water partition coefficient (Wildman–Crippen LogP) is 4.12. The molecule has 3 fully saturated rings. The molecule has 0 radical (unpaired) electrons. The van der Waals surface area contributed by atoms with Gasteiger partial charge in [0, 0.05) is 12.3 Å². The number of hydrogen-bond donors (Lipinski definition) is 1. The molecular formula is C28H36O6S. The molecule has 190 valence electrons. The summed E-state index contributed by atoms with van der Waals surface area (Å²) in [5.74, 6) is -0.651. The molecule has 8 atom stereocenters. The molecule has 7 heteroatoms. The first kappa shape index (κ1) is 24.7. The van der Waals surface area contributed by atoms with Gasteiger partial charge in [-0.15, -0.1) is 0 Å². The second-order valence-electron chi connectivity index (χ2n) is 11.6. The Kier molecular flexibility index (Phi) is 6.03. The summed E-state index contributed by atoms with van der Waals surface area (Å²) in [5, 5.41) is 9.45. The van der Waals surface area contributed by atoms with E-state index in [4.69, 9.17) is 4.74 Å². The Bertz CT molecular complexity index is 1160. The standard InChI is InChI=1S/C28H36O6S/c1-27-13-11-17(29)15-23(27)20(16-19-21-9-10-24(30)28(21,2)14-12-22(19)27)25(26(31)34-3)35(32,33)18-7-5-4-6-8-18/h4-8,15,19-22,24-25,30H,9-14,16H2,1-3H3. The van der Waals surface area contributed by atoms with Crippen LogP contribution < -0.4 is 0 Å². The summed E-state index contributed by atoms with van der Waals surface area (Å²) in [6.45, 7) is 4.35. The first-order chi connectivity index (χ1) is 16.5. The van der Waals surface area contributed by atoms with Crippen LogP contribution in [0, 0.1) is 34.5 Å². The van der Waals surface area contributed by atoms with Crippen LogP contribution in [-0.4, -0.2) is 43.7 Å². The number of allylic oxidation sites excluding steroid dienone is 1. The summed E-state index contributed by atoms with van der Waals surface area (Å²) in [7, 11) is -2.84. The maximum absolute atomic E-state index is 13.9.